The minimum Gasteiger partial charge on any atom is -0.512 e. The Kier molecular flexibility index (Phi) is 26.3. The van der Waals surface area contributed by atoms with E-state index in [9.17, 15) is 0 Å². The van der Waals surface area contributed by atoms with Crippen molar-refractivity contribution in [3.63, 3.8) is 0 Å². The fourth-order valence-electron chi connectivity index (χ4n) is 0.302. The van der Waals surface area contributed by atoms with Crippen molar-refractivity contribution in [1.82, 2.24) is 0 Å². The topological polar surface area (TPSA) is 41.6 Å². The summed E-state index contributed by atoms with van der Waals surface area (Å²) >= 11 is 0. The van der Waals surface area contributed by atoms with Gasteiger partial charge in [0.2, 0.25) is 0 Å². The zero-order valence-electron chi connectivity index (χ0n) is 6.97. The molecule has 0 fully saturated rings. The smallest absolute Gasteiger partial charge is 0.512 e. The molecule has 0 atom stereocenters. The third kappa shape index (κ3) is 24.7. The van der Waals surface area contributed by atoms with Crippen molar-refractivity contribution in [3.05, 3.63) is 26.7 Å². The number of hydrogen-bond acceptors (Lipinski definition) is 1. The number of allylic oxidation sites excluding steroid dienone is 2. The third-order valence-electron chi connectivity index (χ3n) is 0.418. The van der Waals surface area contributed by atoms with E-state index in [2.05, 4.69) is 0 Å². The number of aliphatic hydroxyl groups is 1. The second-order valence-corrected chi connectivity index (χ2v) is 1.43. The number of aliphatic hydroxyl groups excluding tert-OH is 1. The molecule has 2 N–H and O–H groups in total. The van der Waals surface area contributed by atoms with Crippen LogP contribution in [0.2, 0.25) is 0 Å². The summed E-state index contributed by atoms with van der Waals surface area (Å²) in [5.41, 5.74) is 0. The summed E-state index contributed by atoms with van der Waals surface area (Å²) in [6, 6.07) is 0. The Labute approximate surface area is 78.2 Å². The predicted octanol–water partition coefficient (Wildman–Crippen LogP) is 1.91. The second kappa shape index (κ2) is 11.7. The van der Waals surface area contributed by atoms with E-state index in [1.54, 1.807) is 0 Å². The van der Waals surface area contributed by atoms with Crippen LogP contribution in [0, 0.1) is 14.9 Å². The minimum absolute atomic E-state index is 0. The maximum Gasteiger partial charge on any atom is 2.00 e. The molecule has 10 heavy (non-hydrogen) atoms. The quantitative estimate of drug-likeness (QED) is 0.216. The number of hydrogen-bond donors (Lipinski definition) is 1. The van der Waals surface area contributed by atoms with Gasteiger partial charge in [0.25, 0.3) is 0 Å². The van der Waals surface area contributed by atoms with Crippen LogP contribution in [0.25, 0.3) is 0 Å². The van der Waals surface area contributed by atoms with Gasteiger partial charge in [0, 0.05) is 0 Å². The Bertz CT molecular complexity index is 104. The molecule has 0 saturated carbocycles. The van der Waals surface area contributed by atoms with Gasteiger partial charge in [0.05, 0.1) is 18.8 Å². The van der Waals surface area contributed by atoms with Crippen molar-refractivity contribution in [1.29, 1.82) is 0 Å². The zero-order chi connectivity index (χ0) is 5.86. The van der Waals surface area contributed by atoms with Crippen LogP contribution in [-0.4, -0.2) is 15.7 Å². The van der Waals surface area contributed by atoms with Crippen LogP contribution in [0.5, 0.6) is 0 Å². The molecule has 0 saturated heterocycles. The number of rotatable bonds is 1. The molecule has 58 valence electrons. The van der Waals surface area contributed by atoms with E-state index < -0.39 is 0 Å². The van der Waals surface area contributed by atoms with Gasteiger partial charge in [-0.1, -0.05) is 0 Å². The van der Waals surface area contributed by atoms with Crippen molar-refractivity contribution in [2.45, 2.75) is 13.8 Å². The van der Waals surface area contributed by atoms with Crippen molar-refractivity contribution in [2.24, 2.45) is 0 Å². The van der Waals surface area contributed by atoms with E-state index >= 15 is 0 Å². The Morgan fingerprint density at radius 1 is 1.30 bits per heavy atom. The van der Waals surface area contributed by atoms with E-state index in [4.69, 9.17) is 9.90 Å². The Hall–Kier alpha value is -0.0757. The molecule has 0 aliphatic carbocycles. The van der Waals surface area contributed by atoms with Crippen molar-refractivity contribution in [2.75, 3.05) is 0 Å². The molecule has 0 aromatic heterocycles. The van der Waals surface area contributed by atoms with Crippen LogP contribution >= 0.6 is 0 Å². The molecule has 0 heterocycles. The summed E-state index contributed by atoms with van der Waals surface area (Å²) < 4.78 is 0. The fourth-order valence-corrected chi connectivity index (χ4v) is 0.302. The summed E-state index contributed by atoms with van der Waals surface area (Å²) in [6.07, 6.45) is 1.28. The molecule has 2 nitrogen and oxygen atoms in total. The Morgan fingerprint density at radius 3 is 1.60 bits per heavy atom. The first-order valence-electron chi connectivity index (χ1n) is 2.02. The van der Waals surface area contributed by atoms with Crippen LogP contribution in [0.15, 0.2) is 11.8 Å². The molecule has 0 bridgehead atoms. The molecule has 0 rings (SSSR count). The molecule has 0 aromatic rings. The zero-order valence-corrected chi connectivity index (χ0v) is 8.53. The molecule has 0 radical (unpaired) electrons. The maximum absolute atomic E-state index is 8.40. The first-order chi connectivity index (χ1) is 3.13. The van der Waals surface area contributed by atoms with Crippen molar-refractivity contribution in [3.8, 4) is 0 Å². The molecule has 0 aliphatic rings. The molecule has 3 heteroatoms. The summed E-state index contributed by atoms with van der Waals surface area (Å²) in [5, 5.41) is 8.40. The van der Waals surface area contributed by atoms with Crippen LogP contribution in [0.3, 0.4) is 0 Å². The number of carbonyl (C=O) groups excluding carboxylic acids is 1. The van der Waals surface area contributed by atoms with Crippen molar-refractivity contribution < 1.29 is 31.6 Å². The van der Waals surface area contributed by atoms with Gasteiger partial charge in [0.1, 0.15) is 0 Å². The van der Waals surface area contributed by atoms with Crippen LogP contribution in [-0.2, 0) is 21.7 Å². The van der Waals surface area contributed by atoms with Crippen LogP contribution < -0.4 is 0 Å². The van der Waals surface area contributed by atoms with Gasteiger partial charge < -0.3 is 20.0 Å². The SMILES string of the molecule is CC(=[OH+])/C=C(/C)O.[CH3-].[CH3-].[Ti+2]. The van der Waals surface area contributed by atoms with Crippen LogP contribution in [0.1, 0.15) is 13.8 Å². The van der Waals surface area contributed by atoms with Crippen LogP contribution in [0.4, 0.5) is 0 Å². The molecule has 0 spiro atoms. The van der Waals surface area contributed by atoms with Gasteiger partial charge in [-0.25, -0.2) is 0 Å². The maximum atomic E-state index is 8.40. The standard InChI is InChI=1S/C5H8O2.2CH3.Ti/c1-4(6)3-5(2)7;;;/h3,6H,1-2H3;2*1H3;/q;2*-1;+2/p+1/b4-3-;;;. The Balaban J connectivity index is -0.0000000600. The normalized spacial score (nSPS) is 8.00. The first kappa shape index (κ1) is 22.5. The van der Waals surface area contributed by atoms with E-state index in [1.165, 1.54) is 19.9 Å². The fraction of sp³-hybridized carbons (Fsp3) is 0.286. The molecule has 0 amide bonds. The molecule has 0 aliphatic heterocycles. The van der Waals surface area contributed by atoms with Gasteiger partial charge in [-0.3, -0.25) is 4.79 Å². The van der Waals surface area contributed by atoms with E-state index in [0.717, 1.165) is 0 Å². The number of ketones is 1. The van der Waals surface area contributed by atoms with Gasteiger partial charge in [-0.15, -0.1) is 0 Å². The average Bonchev–Trinajstić information content (AvgIpc) is 1.27. The Morgan fingerprint density at radius 2 is 1.60 bits per heavy atom. The summed E-state index contributed by atoms with van der Waals surface area (Å²) in [6.45, 7) is 3.00. The van der Waals surface area contributed by atoms with Gasteiger partial charge in [0.15, 0.2) is 0 Å². The second-order valence-electron chi connectivity index (χ2n) is 1.43. The van der Waals surface area contributed by atoms with Gasteiger partial charge in [-0.2, -0.15) is 0 Å². The van der Waals surface area contributed by atoms with E-state index in [0.29, 0.717) is 0 Å². The predicted molar refractivity (Wildman–Crippen MR) is 41.8 cm³/mol. The summed E-state index contributed by atoms with van der Waals surface area (Å²) in [7, 11) is 0. The monoisotopic (exact) mass is 179 g/mol. The van der Waals surface area contributed by atoms with Gasteiger partial charge in [-0.05, 0) is 6.92 Å². The van der Waals surface area contributed by atoms with E-state index in [1.807, 2.05) is 0 Å². The molecule has 0 aromatic carbocycles. The first-order valence-corrected chi connectivity index (χ1v) is 2.02. The minimum atomic E-state index is 0. The largest absolute Gasteiger partial charge is 2.00 e. The third-order valence-corrected chi connectivity index (χ3v) is 0.418. The van der Waals surface area contributed by atoms with E-state index in [-0.39, 0.29) is 48.1 Å². The van der Waals surface area contributed by atoms with Crippen molar-refractivity contribution >= 4 is 5.78 Å². The summed E-state index contributed by atoms with van der Waals surface area (Å²) in [4.78, 5) is 8.40. The molecule has 0 unspecified atom stereocenters. The summed E-state index contributed by atoms with van der Waals surface area (Å²) in [5.74, 6) is 0.250. The molecular formula is C7H15O2Ti+. The average molecular weight is 179 g/mol. The van der Waals surface area contributed by atoms with Gasteiger partial charge >= 0.3 is 27.5 Å². The molecular weight excluding hydrogens is 164 g/mol.